The maximum Gasteiger partial charge on any atom is 0.177 e. The lowest BCUT2D eigenvalue weighted by Crippen LogP contribution is -2.01. The highest BCUT2D eigenvalue weighted by atomic mass is 16.3. The largest absolute Gasteiger partial charge is 0.508 e. The number of phenols is 1. The molecule has 5 nitrogen and oxygen atoms in total. The zero-order valence-electron chi connectivity index (χ0n) is 11.9. The van der Waals surface area contributed by atoms with Gasteiger partial charge in [-0.3, -0.25) is 0 Å². The van der Waals surface area contributed by atoms with Crippen molar-refractivity contribution in [1.29, 1.82) is 10.5 Å². The Balaban J connectivity index is 2.31. The standard InChI is InChI=1S/C18H10N4O/c19-10-15-16(11-20)22-18(13-6-8-14(23)9-7-13)17(21-15)12-4-2-1-3-5-12/h1-9,23H. The first-order chi connectivity index (χ1) is 11.2. The summed E-state index contributed by atoms with van der Waals surface area (Å²) in [6, 6.07) is 19.6. The van der Waals surface area contributed by atoms with E-state index in [1.54, 1.807) is 12.1 Å². The van der Waals surface area contributed by atoms with Gasteiger partial charge in [-0.05, 0) is 24.3 Å². The Morgan fingerprint density at radius 3 is 1.65 bits per heavy atom. The van der Waals surface area contributed by atoms with E-state index in [9.17, 15) is 15.6 Å². The summed E-state index contributed by atoms with van der Waals surface area (Å²) >= 11 is 0. The molecule has 23 heavy (non-hydrogen) atoms. The Labute approximate surface area is 132 Å². The highest BCUT2D eigenvalue weighted by Crippen LogP contribution is 2.30. The molecular formula is C18H10N4O. The fourth-order valence-electron chi connectivity index (χ4n) is 2.21. The summed E-state index contributed by atoms with van der Waals surface area (Å²) in [7, 11) is 0. The fraction of sp³-hybridized carbons (Fsp3) is 0. The number of rotatable bonds is 2. The molecule has 3 rings (SSSR count). The average molecular weight is 298 g/mol. The van der Waals surface area contributed by atoms with E-state index in [-0.39, 0.29) is 17.1 Å². The van der Waals surface area contributed by atoms with Crippen molar-refractivity contribution < 1.29 is 5.11 Å². The van der Waals surface area contributed by atoms with Crippen molar-refractivity contribution in [2.75, 3.05) is 0 Å². The van der Waals surface area contributed by atoms with Gasteiger partial charge in [-0.15, -0.1) is 0 Å². The van der Waals surface area contributed by atoms with Crippen molar-refractivity contribution in [2.24, 2.45) is 0 Å². The van der Waals surface area contributed by atoms with Crippen molar-refractivity contribution in [3.63, 3.8) is 0 Å². The summed E-state index contributed by atoms with van der Waals surface area (Å²) in [4.78, 5) is 8.63. The molecule has 0 fully saturated rings. The van der Waals surface area contributed by atoms with Gasteiger partial charge < -0.3 is 5.11 Å². The van der Waals surface area contributed by atoms with Gasteiger partial charge in [0.1, 0.15) is 17.9 Å². The van der Waals surface area contributed by atoms with Gasteiger partial charge in [-0.2, -0.15) is 10.5 Å². The second kappa shape index (κ2) is 5.97. The molecule has 0 saturated heterocycles. The Bertz CT molecular complexity index is 936. The number of aromatic hydroxyl groups is 1. The highest BCUT2D eigenvalue weighted by molar-refractivity contribution is 5.79. The monoisotopic (exact) mass is 298 g/mol. The number of hydrogen-bond acceptors (Lipinski definition) is 5. The minimum absolute atomic E-state index is 0.00567. The van der Waals surface area contributed by atoms with Crippen LogP contribution < -0.4 is 0 Å². The second-order valence-corrected chi connectivity index (χ2v) is 4.75. The molecule has 0 radical (unpaired) electrons. The molecule has 0 amide bonds. The van der Waals surface area contributed by atoms with Gasteiger partial charge in [-0.1, -0.05) is 30.3 Å². The first kappa shape index (κ1) is 14.2. The molecule has 0 spiro atoms. The van der Waals surface area contributed by atoms with Gasteiger partial charge in [0, 0.05) is 11.1 Å². The average Bonchev–Trinajstić information content (AvgIpc) is 2.62. The van der Waals surface area contributed by atoms with Crippen molar-refractivity contribution in [3.8, 4) is 40.4 Å². The molecule has 0 aliphatic carbocycles. The van der Waals surface area contributed by atoms with Crippen LogP contribution in [0, 0.1) is 22.7 Å². The summed E-state index contributed by atoms with van der Waals surface area (Å²) in [5, 5.41) is 27.8. The minimum atomic E-state index is -0.0183. The Morgan fingerprint density at radius 1 is 0.696 bits per heavy atom. The number of benzene rings is 2. The van der Waals surface area contributed by atoms with E-state index in [1.165, 1.54) is 12.1 Å². The first-order valence-electron chi connectivity index (χ1n) is 6.80. The van der Waals surface area contributed by atoms with Gasteiger partial charge >= 0.3 is 0 Å². The minimum Gasteiger partial charge on any atom is -0.508 e. The van der Waals surface area contributed by atoms with E-state index in [0.29, 0.717) is 17.0 Å². The Morgan fingerprint density at radius 2 is 1.17 bits per heavy atom. The van der Waals surface area contributed by atoms with E-state index in [0.717, 1.165) is 5.56 Å². The van der Waals surface area contributed by atoms with Crippen LogP contribution in [0.25, 0.3) is 22.5 Å². The third-order valence-electron chi connectivity index (χ3n) is 3.30. The molecule has 0 aliphatic rings. The Hall–Kier alpha value is -3.70. The second-order valence-electron chi connectivity index (χ2n) is 4.75. The quantitative estimate of drug-likeness (QED) is 0.783. The van der Waals surface area contributed by atoms with Gasteiger partial charge in [0.05, 0.1) is 11.4 Å². The van der Waals surface area contributed by atoms with Gasteiger partial charge in [0.15, 0.2) is 11.4 Å². The molecule has 0 atom stereocenters. The van der Waals surface area contributed by atoms with Crippen molar-refractivity contribution >= 4 is 0 Å². The van der Waals surface area contributed by atoms with Crippen molar-refractivity contribution in [1.82, 2.24) is 9.97 Å². The number of aromatic nitrogens is 2. The lowest BCUT2D eigenvalue weighted by molar-refractivity contribution is 0.475. The number of hydrogen-bond donors (Lipinski definition) is 1. The molecule has 0 bridgehead atoms. The van der Waals surface area contributed by atoms with Crippen molar-refractivity contribution in [2.45, 2.75) is 0 Å². The summed E-state index contributed by atoms with van der Waals surface area (Å²) in [5.74, 6) is 0.136. The van der Waals surface area contributed by atoms with Crippen LogP contribution in [0.2, 0.25) is 0 Å². The van der Waals surface area contributed by atoms with E-state index in [1.807, 2.05) is 42.5 Å². The molecule has 108 valence electrons. The predicted molar refractivity (Wildman–Crippen MR) is 84.0 cm³/mol. The molecule has 1 heterocycles. The third-order valence-corrected chi connectivity index (χ3v) is 3.30. The van der Waals surface area contributed by atoms with Crippen LogP contribution in [0.4, 0.5) is 0 Å². The number of nitriles is 2. The van der Waals surface area contributed by atoms with Crippen LogP contribution in [-0.4, -0.2) is 15.1 Å². The molecule has 2 aromatic carbocycles. The van der Waals surface area contributed by atoms with Gasteiger partial charge in [0.25, 0.3) is 0 Å². The van der Waals surface area contributed by atoms with E-state index in [2.05, 4.69) is 9.97 Å². The van der Waals surface area contributed by atoms with E-state index >= 15 is 0 Å². The smallest absolute Gasteiger partial charge is 0.177 e. The first-order valence-corrected chi connectivity index (χ1v) is 6.80. The van der Waals surface area contributed by atoms with Crippen LogP contribution >= 0.6 is 0 Å². The Kier molecular flexibility index (Phi) is 3.70. The van der Waals surface area contributed by atoms with Gasteiger partial charge in [0.2, 0.25) is 0 Å². The maximum atomic E-state index is 9.44. The maximum absolute atomic E-state index is 9.44. The molecular weight excluding hydrogens is 288 g/mol. The van der Waals surface area contributed by atoms with Gasteiger partial charge in [-0.25, -0.2) is 9.97 Å². The summed E-state index contributed by atoms with van der Waals surface area (Å²) in [5.41, 5.74) is 2.49. The van der Waals surface area contributed by atoms with Crippen LogP contribution in [-0.2, 0) is 0 Å². The molecule has 0 saturated carbocycles. The summed E-state index contributed by atoms with van der Waals surface area (Å²) < 4.78 is 0. The number of nitrogens with zero attached hydrogens (tertiary/aromatic N) is 4. The number of phenolic OH excluding ortho intramolecular Hbond substituents is 1. The van der Waals surface area contributed by atoms with Crippen LogP contribution in [0.3, 0.4) is 0 Å². The molecule has 1 aromatic heterocycles. The highest BCUT2D eigenvalue weighted by Gasteiger charge is 2.16. The fourth-order valence-corrected chi connectivity index (χ4v) is 2.21. The molecule has 5 heteroatoms. The van der Waals surface area contributed by atoms with Crippen LogP contribution in [0.15, 0.2) is 54.6 Å². The molecule has 0 aliphatic heterocycles. The van der Waals surface area contributed by atoms with E-state index < -0.39 is 0 Å². The van der Waals surface area contributed by atoms with E-state index in [4.69, 9.17) is 0 Å². The molecule has 1 N–H and O–H groups in total. The lowest BCUT2D eigenvalue weighted by atomic mass is 10.0. The topological polar surface area (TPSA) is 93.6 Å². The zero-order chi connectivity index (χ0) is 16.2. The molecule has 0 unspecified atom stereocenters. The SMILES string of the molecule is N#Cc1nc(-c2ccccc2)c(-c2ccc(O)cc2)nc1C#N. The summed E-state index contributed by atoms with van der Waals surface area (Å²) in [6.45, 7) is 0. The lowest BCUT2D eigenvalue weighted by Gasteiger charge is -2.10. The normalized spacial score (nSPS) is 9.83. The summed E-state index contributed by atoms with van der Waals surface area (Å²) in [6.07, 6.45) is 0. The van der Waals surface area contributed by atoms with Crippen LogP contribution in [0.1, 0.15) is 11.4 Å². The zero-order valence-corrected chi connectivity index (χ0v) is 11.9. The third kappa shape index (κ3) is 2.72. The molecule has 3 aromatic rings. The van der Waals surface area contributed by atoms with Crippen LogP contribution in [0.5, 0.6) is 5.75 Å². The predicted octanol–water partition coefficient (Wildman–Crippen LogP) is 3.26. The van der Waals surface area contributed by atoms with Crippen molar-refractivity contribution in [3.05, 3.63) is 66.0 Å².